The van der Waals surface area contributed by atoms with Crippen LogP contribution in [0.15, 0.2) is 35.5 Å². The molecule has 8 nitrogen and oxygen atoms in total. The van der Waals surface area contributed by atoms with Gasteiger partial charge in [-0.25, -0.2) is 18.1 Å². The van der Waals surface area contributed by atoms with E-state index >= 15 is 0 Å². The Kier molecular flexibility index (Phi) is 5.93. The topological polar surface area (TPSA) is 102 Å². The third kappa shape index (κ3) is 4.37. The van der Waals surface area contributed by atoms with E-state index in [9.17, 15) is 8.42 Å². The van der Waals surface area contributed by atoms with Crippen molar-refractivity contribution in [1.82, 2.24) is 24.2 Å². The lowest BCUT2D eigenvalue weighted by Gasteiger charge is -2.09. The Morgan fingerprint density at radius 1 is 1.15 bits per heavy atom. The molecule has 0 aliphatic rings. The molecule has 2 N–H and O–H groups in total. The molecule has 2 heterocycles. The normalized spacial score (nSPS) is 11.8. The average molecular weight is 409 g/mol. The number of anilines is 2. The fourth-order valence-corrected chi connectivity index (χ4v) is 3.80. The van der Waals surface area contributed by atoms with Gasteiger partial charge in [-0.15, -0.1) is 0 Å². The minimum Gasteiger partial charge on any atom is -0.338 e. The highest BCUT2D eigenvalue weighted by Crippen LogP contribution is 2.25. The van der Waals surface area contributed by atoms with Crippen molar-refractivity contribution >= 4 is 44.3 Å². The molecule has 0 bridgehead atoms. The van der Waals surface area contributed by atoms with E-state index in [0.717, 1.165) is 12.8 Å². The molecule has 3 rings (SSSR count). The smallest absolute Gasteiger partial charge is 0.240 e. The van der Waals surface area contributed by atoms with Gasteiger partial charge in [0.25, 0.3) is 0 Å². The molecular weight excluding hydrogens is 388 g/mol. The van der Waals surface area contributed by atoms with Crippen LogP contribution in [0, 0.1) is 0 Å². The number of nitrogens with zero attached hydrogens (tertiary/aromatic N) is 4. The molecule has 10 heteroatoms. The molecular formula is C17H21ClN6O2S. The van der Waals surface area contributed by atoms with Crippen LogP contribution < -0.4 is 10.0 Å². The molecule has 2 aromatic heterocycles. The van der Waals surface area contributed by atoms with E-state index < -0.39 is 10.0 Å². The molecule has 27 heavy (non-hydrogen) atoms. The second kappa shape index (κ2) is 8.20. The lowest BCUT2D eigenvalue weighted by molar-refractivity contribution is 0.578. The number of aromatic nitrogens is 4. The Balaban J connectivity index is 1.83. The van der Waals surface area contributed by atoms with Crippen molar-refractivity contribution in [3.05, 3.63) is 35.9 Å². The molecule has 144 valence electrons. The standard InChI is InChI=1S/C17H21ClN6O2S/c1-3-5-10-20-27(25,26)13-8-6-12(7-9-13)21-15-14-16(23-17(18)22-15)24(4-2)11-19-14/h6-9,11,20H,3-5,10H2,1-2H3,(H,21,22,23). The van der Waals surface area contributed by atoms with Crippen LogP contribution in [0.5, 0.6) is 0 Å². The van der Waals surface area contributed by atoms with Crippen LogP contribution in [0.2, 0.25) is 5.28 Å². The van der Waals surface area contributed by atoms with Gasteiger partial charge in [-0.05, 0) is 49.2 Å². The molecule has 0 atom stereocenters. The van der Waals surface area contributed by atoms with Crippen LogP contribution in [-0.2, 0) is 16.6 Å². The summed E-state index contributed by atoms with van der Waals surface area (Å²) in [5.74, 6) is 0.467. The average Bonchev–Trinajstić information content (AvgIpc) is 3.05. The highest BCUT2D eigenvalue weighted by molar-refractivity contribution is 7.89. The van der Waals surface area contributed by atoms with E-state index in [4.69, 9.17) is 11.6 Å². The summed E-state index contributed by atoms with van der Waals surface area (Å²) in [5, 5.41) is 3.24. The van der Waals surface area contributed by atoms with E-state index in [2.05, 4.69) is 25.0 Å². The number of sulfonamides is 1. The van der Waals surface area contributed by atoms with Crippen molar-refractivity contribution < 1.29 is 8.42 Å². The number of unbranched alkanes of at least 4 members (excludes halogenated alkanes) is 1. The van der Waals surface area contributed by atoms with Crippen molar-refractivity contribution in [1.29, 1.82) is 0 Å². The highest BCUT2D eigenvalue weighted by atomic mass is 35.5. The Hall–Kier alpha value is -2.23. The van der Waals surface area contributed by atoms with E-state index in [-0.39, 0.29) is 10.2 Å². The summed E-state index contributed by atoms with van der Waals surface area (Å²) < 4.78 is 29.0. The molecule has 0 spiro atoms. The number of hydrogen-bond acceptors (Lipinski definition) is 6. The van der Waals surface area contributed by atoms with Crippen molar-refractivity contribution in [3.8, 4) is 0 Å². The van der Waals surface area contributed by atoms with E-state index in [1.807, 2.05) is 18.4 Å². The van der Waals surface area contributed by atoms with Crippen LogP contribution in [-0.4, -0.2) is 34.5 Å². The Morgan fingerprint density at radius 2 is 1.89 bits per heavy atom. The fourth-order valence-electron chi connectivity index (χ4n) is 2.56. The van der Waals surface area contributed by atoms with Crippen LogP contribution in [0.3, 0.4) is 0 Å². The van der Waals surface area contributed by atoms with Gasteiger partial charge < -0.3 is 9.88 Å². The Bertz CT molecular complexity index is 1030. The number of hydrogen-bond donors (Lipinski definition) is 2. The van der Waals surface area contributed by atoms with Crippen LogP contribution in [0.25, 0.3) is 11.2 Å². The number of imidazole rings is 1. The van der Waals surface area contributed by atoms with Crippen LogP contribution in [0.1, 0.15) is 26.7 Å². The van der Waals surface area contributed by atoms with Crippen LogP contribution >= 0.6 is 11.6 Å². The number of benzene rings is 1. The van der Waals surface area contributed by atoms with Gasteiger partial charge in [0, 0.05) is 18.8 Å². The quantitative estimate of drug-likeness (QED) is 0.438. The number of fused-ring (bicyclic) bond motifs is 1. The Morgan fingerprint density at radius 3 is 2.56 bits per heavy atom. The van der Waals surface area contributed by atoms with E-state index in [1.165, 1.54) is 0 Å². The largest absolute Gasteiger partial charge is 0.338 e. The van der Waals surface area contributed by atoms with E-state index in [0.29, 0.717) is 35.8 Å². The first kappa shape index (κ1) is 19.5. The molecule has 0 amide bonds. The molecule has 3 aromatic rings. The van der Waals surface area contributed by atoms with Gasteiger partial charge in [-0.3, -0.25) is 0 Å². The summed E-state index contributed by atoms with van der Waals surface area (Å²) in [4.78, 5) is 13.0. The molecule has 0 aliphatic carbocycles. The number of rotatable bonds is 8. The first-order chi connectivity index (χ1) is 12.9. The maximum absolute atomic E-state index is 12.2. The fraction of sp³-hybridized carbons (Fsp3) is 0.353. The summed E-state index contributed by atoms with van der Waals surface area (Å²) in [7, 11) is -3.50. The summed E-state index contributed by atoms with van der Waals surface area (Å²) >= 11 is 6.03. The van der Waals surface area contributed by atoms with Crippen LogP contribution in [0.4, 0.5) is 11.5 Å². The first-order valence-electron chi connectivity index (χ1n) is 8.69. The predicted molar refractivity (Wildman–Crippen MR) is 106 cm³/mol. The second-order valence-corrected chi connectivity index (χ2v) is 8.05. The third-order valence-corrected chi connectivity index (χ3v) is 5.67. The second-order valence-electron chi connectivity index (χ2n) is 5.94. The highest BCUT2D eigenvalue weighted by Gasteiger charge is 2.15. The number of aryl methyl sites for hydroxylation is 1. The van der Waals surface area contributed by atoms with Gasteiger partial charge in [-0.2, -0.15) is 9.97 Å². The molecule has 0 aliphatic heterocycles. The SMILES string of the molecule is CCCCNS(=O)(=O)c1ccc(Nc2nc(Cl)nc3c2ncn3CC)cc1. The predicted octanol–water partition coefficient (Wildman–Crippen LogP) is 3.32. The first-order valence-corrected chi connectivity index (χ1v) is 10.6. The Labute approximate surface area is 163 Å². The zero-order valence-electron chi connectivity index (χ0n) is 15.1. The van der Waals surface area contributed by atoms with Gasteiger partial charge in [0.2, 0.25) is 15.3 Å². The van der Waals surface area contributed by atoms with Crippen molar-refractivity contribution in [3.63, 3.8) is 0 Å². The molecule has 0 fully saturated rings. The zero-order valence-corrected chi connectivity index (χ0v) is 16.7. The number of halogens is 1. The van der Waals surface area contributed by atoms with E-state index in [1.54, 1.807) is 30.6 Å². The molecule has 1 aromatic carbocycles. The summed E-state index contributed by atoms with van der Waals surface area (Å²) in [6, 6.07) is 6.43. The molecule has 0 saturated carbocycles. The van der Waals surface area contributed by atoms with Gasteiger partial charge in [0.1, 0.15) is 0 Å². The lowest BCUT2D eigenvalue weighted by Crippen LogP contribution is -2.24. The summed E-state index contributed by atoms with van der Waals surface area (Å²) in [5.41, 5.74) is 1.91. The van der Waals surface area contributed by atoms with Gasteiger partial charge >= 0.3 is 0 Å². The molecule has 0 unspecified atom stereocenters. The maximum atomic E-state index is 12.2. The van der Waals surface area contributed by atoms with Crippen molar-refractivity contribution in [2.24, 2.45) is 0 Å². The lowest BCUT2D eigenvalue weighted by atomic mass is 10.3. The number of nitrogens with one attached hydrogen (secondary N) is 2. The van der Waals surface area contributed by atoms with Crippen molar-refractivity contribution in [2.75, 3.05) is 11.9 Å². The minimum absolute atomic E-state index is 0.111. The molecule has 0 radical (unpaired) electrons. The summed E-state index contributed by atoms with van der Waals surface area (Å²) in [6.45, 7) is 5.13. The maximum Gasteiger partial charge on any atom is 0.240 e. The van der Waals surface area contributed by atoms with Gasteiger partial charge in [0.15, 0.2) is 17.0 Å². The van der Waals surface area contributed by atoms with Gasteiger partial charge in [-0.1, -0.05) is 13.3 Å². The zero-order chi connectivity index (χ0) is 19.4. The summed E-state index contributed by atoms with van der Waals surface area (Å²) in [6.07, 6.45) is 3.40. The molecule has 0 saturated heterocycles. The third-order valence-electron chi connectivity index (χ3n) is 4.03. The van der Waals surface area contributed by atoms with Gasteiger partial charge in [0.05, 0.1) is 11.2 Å². The monoisotopic (exact) mass is 408 g/mol. The van der Waals surface area contributed by atoms with Crippen molar-refractivity contribution in [2.45, 2.75) is 38.1 Å². The minimum atomic E-state index is -3.50.